The topological polar surface area (TPSA) is 105 Å². The Balaban J connectivity index is 1.23. The van der Waals surface area contributed by atoms with E-state index in [1.54, 1.807) is 36.4 Å². The molecule has 0 bridgehead atoms. The van der Waals surface area contributed by atoms with Crippen LogP contribution in [-0.4, -0.2) is 18.4 Å². The molecular formula is C29H25N5O3S. The van der Waals surface area contributed by atoms with E-state index in [1.807, 2.05) is 73.7 Å². The van der Waals surface area contributed by atoms with E-state index in [-0.39, 0.29) is 4.90 Å². The van der Waals surface area contributed by atoms with Gasteiger partial charge in [0.1, 0.15) is 17.3 Å². The zero-order chi connectivity index (χ0) is 26.4. The van der Waals surface area contributed by atoms with Crippen LogP contribution in [-0.2, 0) is 10.0 Å². The highest BCUT2D eigenvalue weighted by Crippen LogP contribution is 2.25. The van der Waals surface area contributed by atoms with Crippen molar-refractivity contribution in [3.8, 4) is 11.5 Å². The summed E-state index contributed by atoms with van der Waals surface area (Å²) in [6.07, 6.45) is 0. The molecule has 1 aromatic heterocycles. The third-order valence-electron chi connectivity index (χ3n) is 5.41. The molecule has 38 heavy (non-hydrogen) atoms. The van der Waals surface area contributed by atoms with Gasteiger partial charge in [-0.05, 0) is 79.7 Å². The van der Waals surface area contributed by atoms with Gasteiger partial charge in [-0.1, -0.05) is 36.4 Å². The van der Waals surface area contributed by atoms with Crippen molar-refractivity contribution in [1.29, 1.82) is 0 Å². The molecule has 0 fully saturated rings. The van der Waals surface area contributed by atoms with Gasteiger partial charge in [-0.2, -0.15) is 4.98 Å². The number of aromatic nitrogens is 2. The van der Waals surface area contributed by atoms with Gasteiger partial charge in [0.05, 0.1) is 4.90 Å². The lowest BCUT2D eigenvalue weighted by atomic mass is 10.3. The van der Waals surface area contributed by atoms with E-state index in [9.17, 15) is 8.42 Å². The van der Waals surface area contributed by atoms with Crippen molar-refractivity contribution in [2.75, 3.05) is 15.4 Å². The number of ether oxygens (including phenoxy) is 1. The normalized spacial score (nSPS) is 11.0. The molecule has 0 radical (unpaired) electrons. The molecule has 3 N–H and O–H groups in total. The summed E-state index contributed by atoms with van der Waals surface area (Å²) in [5.74, 6) is 2.31. The van der Waals surface area contributed by atoms with Gasteiger partial charge in [-0.15, -0.1) is 0 Å². The maximum Gasteiger partial charge on any atom is 0.261 e. The molecule has 4 aromatic carbocycles. The van der Waals surface area contributed by atoms with Crippen molar-refractivity contribution in [2.45, 2.75) is 11.8 Å². The number of aryl methyl sites for hydroxylation is 1. The highest BCUT2D eigenvalue weighted by atomic mass is 32.2. The lowest BCUT2D eigenvalue weighted by Gasteiger charge is -2.12. The summed E-state index contributed by atoms with van der Waals surface area (Å²) in [6, 6.07) is 34.0. The van der Waals surface area contributed by atoms with Crippen LogP contribution >= 0.6 is 0 Å². The van der Waals surface area contributed by atoms with Crippen molar-refractivity contribution in [3.05, 3.63) is 121 Å². The summed E-state index contributed by atoms with van der Waals surface area (Å²) in [5.41, 5.74) is 2.86. The maximum atomic E-state index is 12.9. The molecule has 0 aliphatic carbocycles. The molecule has 5 aromatic rings. The Bertz CT molecular complexity index is 1610. The van der Waals surface area contributed by atoms with Crippen LogP contribution in [0.5, 0.6) is 11.5 Å². The highest BCUT2D eigenvalue weighted by molar-refractivity contribution is 7.92. The first-order valence-corrected chi connectivity index (χ1v) is 13.3. The average molecular weight is 524 g/mol. The summed E-state index contributed by atoms with van der Waals surface area (Å²) in [6.45, 7) is 1.89. The molecule has 0 spiro atoms. The Morgan fingerprint density at radius 1 is 0.632 bits per heavy atom. The molecular weight excluding hydrogens is 498 g/mol. The van der Waals surface area contributed by atoms with Gasteiger partial charge < -0.3 is 15.4 Å². The lowest BCUT2D eigenvalue weighted by molar-refractivity contribution is 0.482. The Morgan fingerprint density at radius 2 is 1.21 bits per heavy atom. The van der Waals surface area contributed by atoms with Crippen LogP contribution in [0.15, 0.2) is 120 Å². The fourth-order valence-electron chi connectivity index (χ4n) is 3.63. The van der Waals surface area contributed by atoms with Crippen molar-refractivity contribution in [2.24, 2.45) is 0 Å². The van der Waals surface area contributed by atoms with Gasteiger partial charge in [0, 0.05) is 28.8 Å². The quantitative estimate of drug-likeness (QED) is 0.194. The third kappa shape index (κ3) is 6.45. The number of benzene rings is 4. The summed E-state index contributed by atoms with van der Waals surface area (Å²) in [7, 11) is -3.77. The second-order valence-corrected chi connectivity index (χ2v) is 10.1. The minimum atomic E-state index is -3.77. The predicted molar refractivity (Wildman–Crippen MR) is 150 cm³/mol. The Morgan fingerprint density at radius 3 is 1.89 bits per heavy atom. The molecule has 0 saturated heterocycles. The van der Waals surface area contributed by atoms with Crippen molar-refractivity contribution >= 4 is 38.9 Å². The molecule has 0 amide bonds. The zero-order valence-electron chi connectivity index (χ0n) is 20.5. The molecule has 0 atom stereocenters. The zero-order valence-corrected chi connectivity index (χ0v) is 21.3. The van der Waals surface area contributed by atoms with Crippen molar-refractivity contribution < 1.29 is 13.2 Å². The standard InChI is InChI=1S/C29H25N5O3S/c1-21-20-28(31-22-8-4-2-5-9-22)33-29(30-21)32-23-12-14-24(15-13-23)34-38(35,36)27-18-16-26(17-19-27)37-25-10-6-3-7-11-25/h2-20,34H,1H3,(H2,30,31,32,33). The Kier molecular flexibility index (Phi) is 7.19. The smallest absolute Gasteiger partial charge is 0.261 e. The number of para-hydroxylation sites is 2. The lowest BCUT2D eigenvalue weighted by Crippen LogP contribution is -2.12. The third-order valence-corrected chi connectivity index (χ3v) is 6.80. The molecule has 0 unspecified atom stereocenters. The monoisotopic (exact) mass is 523 g/mol. The number of hydrogen-bond donors (Lipinski definition) is 3. The minimum Gasteiger partial charge on any atom is -0.457 e. The largest absolute Gasteiger partial charge is 0.457 e. The van der Waals surface area contributed by atoms with Crippen LogP contribution in [0.2, 0.25) is 0 Å². The van der Waals surface area contributed by atoms with Gasteiger partial charge in [0.25, 0.3) is 10.0 Å². The van der Waals surface area contributed by atoms with Gasteiger partial charge in [-0.25, -0.2) is 13.4 Å². The number of nitrogens with zero attached hydrogens (tertiary/aromatic N) is 2. The summed E-state index contributed by atoms with van der Waals surface area (Å²) in [5, 5.41) is 6.43. The van der Waals surface area contributed by atoms with Gasteiger partial charge >= 0.3 is 0 Å². The van der Waals surface area contributed by atoms with Crippen LogP contribution in [0.25, 0.3) is 0 Å². The first kappa shape index (κ1) is 24.8. The van der Waals surface area contributed by atoms with Gasteiger partial charge in [0.15, 0.2) is 0 Å². The van der Waals surface area contributed by atoms with E-state index < -0.39 is 10.0 Å². The van der Waals surface area contributed by atoms with E-state index in [1.165, 1.54) is 12.1 Å². The Labute approximate surface area is 221 Å². The van der Waals surface area contributed by atoms with E-state index in [0.717, 1.165) is 11.4 Å². The highest BCUT2D eigenvalue weighted by Gasteiger charge is 2.14. The van der Waals surface area contributed by atoms with E-state index in [2.05, 4.69) is 25.3 Å². The van der Waals surface area contributed by atoms with Crippen molar-refractivity contribution in [3.63, 3.8) is 0 Å². The number of hydrogen-bond acceptors (Lipinski definition) is 7. The molecule has 0 aliphatic heterocycles. The van der Waals surface area contributed by atoms with Crippen molar-refractivity contribution in [1.82, 2.24) is 9.97 Å². The second-order valence-electron chi connectivity index (χ2n) is 8.40. The van der Waals surface area contributed by atoms with Gasteiger partial charge in [0.2, 0.25) is 5.95 Å². The fraction of sp³-hybridized carbons (Fsp3) is 0.0345. The predicted octanol–water partition coefficient (Wildman–Crippen LogP) is 6.87. The summed E-state index contributed by atoms with van der Waals surface area (Å²) in [4.78, 5) is 9.10. The first-order valence-electron chi connectivity index (χ1n) is 11.8. The first-order chi connectivity index (χ1) is 18.4. The molecule has 9 heteroatoms. The summed E-state index contributed by atoms with van der Waals surface area (Å²) >= 11 is 0. The van der Waals surface area contributed by atoms with Crippen LogP contribution < -0.4 is 20.1 Å². The Hall–Kier alpha value is -4.89. The van der Waals surface area contributed by atoms with Crippen LogP contribution in [0.3, 0.4) is 0 Å². The van der Waals surface area contributed by atoms with Crippen LogP contribution in [0, 0.1) is 6.92 Å². The molecule has 5 rings (SSSR count). The average Bonchev–Trinajstić information content (AvgIpc) is 2.91. The van der Waals surface area contributed by atoms with Gasteiger partial charge in [-0.3, -0.25) is 4.72 Å². The molecule has 8 nitrogen and oxygen atoms in total. The number of sulfonamides is 1. The molecule has 1 heterocycles. The number of nitrogens with one attached hydrogen (secondary N) is 3. The number of anilines is 5. The molecule has 190 valence electrons. The SMILES string of the molecule is Cc1cc(Nc2ccccc2)nc(Nc2ccc(NS(=O)(=O)c3ccc(Oc4ccccc4)cc3)cc2)n1. The summed E-state index contributed by atoms with van der Waals surface area (Å²) < 4.78 is 34.1. The molecule has 0 aliphatic rings. The number of rotatable bonds is 9. The molecule has 0 saturated carbocycles. The van der Waals surface area contributed by atoms with E-state index in [4.69, 9.17) is 4.74 Å². The fourth-order valence-corrected chi connectivity index (χ4v) is 4.69. The minimum absolute atomic E-state index is 0.131. The van der Waals surface area contributed by atoms with E-state index in [0.29, 0.717) is 34.6 Å². The second kappa shape index (κ2) is 11.0. The van der Waals surface area contributed by atoms with Crippen LogP contribution in [0.4, 0.5) is 28.8 Å². The van der Waals surface area contributed by atoms with Crippen LogP contribution in [0.1, 0.15) is 5.69 Å². The van der Waals surface area contributed by atoms with E-state index >= 15 is 0 Å². The maximum absolute atomic E-state index is 12.9.